The molecule has 0 aliphatic heterocycles. The van der Waals surface area contributed by atoms with Gasteiger partial charge in [0.15, 0.2) is 0 Å². The molecule has 2 aromatic carbocycles. The number of phenolic OH excluding ortho intramolecular Hbond substituents is 1. The molecule has 2 heteroatoms. The number of benzene rings is 2. The molecule has 0 radical (unpaired) electrons. The molecule has 2 rings (SSSR count). The Kier molecular flexibility index (Phi) is 3.10. The average molecular weight is 214 g/mol. The van der Waals surface area contributed by atoms with Crippen molar-refractivity contribution in [3.8, 4) is 17.2 Å². The summed E-state index contributed by atoms with van der Waals surface area (Å²) in [7, 11) is 0. The molecule has 82 valence electrons. The Morgan fingerprint density at radius 3 is 2.38 bits per heavy atom. The molecular formula is C14H14O2. The molecule has 0 aromatic heterocycles. The highest BCUT2D eigenvalue weighted by Crippen LogP contribution is 2.24. The fraction of sp³-hybridized carbons (Fsp3) is 0.143. The van der Waals surface area contributed by atoms with Crippen LogP contribution in [-0.4, -0.2) is 5.11 Å². The van der Waals surface area contributed by atoms with Gasteiger partial charge in [-0.1, -0.05) is 25.1 Å². The molecule has 0 fully saturated rings. The van der Waals surface area contributed by atoms with E-state index in [0.29, 0.717) is 5.75 Å². The van der Waals surface area contributed by atoms with Crippen molar-refractivity contribution in [3.05, 3.63) is 54.1 Å². The third-order valence-electron chi connectivity index (χ3n) is 2.38. The summed E-state index contributed by atoms with van der Waals surface area (Å²) in [4.78, 5) is 0. The molecule has 0 spiro atoms. The number of hydrogen-bond acceptors (Lipinski definition) is 2. The minimum Gasteiger partial charge on any atom is -0.508 e. The molecule has 2 aromatic rings. The van der Waals surface area contributed by atoms with Crippen molar-refractivity contribution in [2.24, 2.45) is 0 Å². The van der Waals surface area contributed by atoms with E-state index in [1.807, 2.05) is 30.3 Å². The van der Waals surface area contributed by atoms with Crippen LogP contribution in [0.5, 0.6) is 17.2 Å². The zero-order chi connectivity index (χ0) is 11.4. The zero-order valence-electron chi connectivity index (χ0n) is 9.18. The first kappa shape index (κ1) is 10.6. The summed E-state index contributed by atoms with van der Waals surface area (Å²) < 4.78 is 5.60. The van der Waals surface area contributed by atoms with Crippen molar-refractivity contribution < 1.29 is 9.84 Å². The molecule has 0 heterocycles. The summed E-state index contributed by atoms with van der Waals surface area (Å²) in [5.74, 6) is 1.63. The van der Waals surface area contributed by atoms with E-state index in [4.69, 9.17) is 4.74 Å². The van der Waals surface area contributed by atoms with Gasteiger partial charge in [-0.05, 0) is 36.2 Å². The predicted octanol–water partition coefficient (Wildman–Crippen LogP) is 3.75. The van der Waals surface area contributed by atoms with Crippen molar-refractivity contribution in [2.45, 2.75) is 13.3 Å². The van der Waals surface area contributed by atoms with E-state index in [9.17, 15) is 5.11 Å². The average Bonchev–Trinajstić information content (AvgIpc) is 2.30. The van der Waals surface area contributed by atoms with Gasteiger partial charge < -0.3 is 9.84 Å². The molecule has 0 saturated carbocycles. The third-order valence-corrected chi connectivity index (χ3v) is 2.38. The molecule has 0 aliphatic carbocycles. The largest absolute Gasteiger partial charge is 0.508 e. The Labute approximate surface area is 95.1 Å². The highest BCUT2D eigenvalue weighted by Gasteiger charge is 1.98. The minimum absolute atomic E-state index is 0.211. The first-order valence-electron chi connectivity index (χ1n) is 5.34. The first-order chi connectivity index (χ1) is 7.78. The van der Waals surface area contributed by atoms with E-state index in [1.165, 1.54) is 5.56 Å². The number of aromatic hydroxyl groups is 1. The van der Waals surface area contributed by atoms with Crippen molar-refractivity contribution in [3.63, 3.8) is 0 Å². The van der Waals surface area contributed by atoms with Crippen LogP contribution in [0.15, 0.2) is 48.5 Å². The molecule has 0 saturated heterocycles. The topological polar surface area (TPSA) is 29.5 Å². The summed E-state index contributed by atoms with van der Waals surface area (Å²) in [5, 5.41) is 9.29. The van der Waals surface area contributed by atoms with Crippen molar-refractivity contribution >= 4 is 0 Å². The Hall–Kier alpha value is -1.96. The highest BCUT2D eigenvalue weighted by molar-refractivity contribution is 5.36. The van der Waals surface area contributed by atoms with Gasteiger partial charge in [0.2, 0.25) is 0 Å². The lowest BCUT2D eigenvalue weighted by molar-refractivity contribution is 0.455. The van der Waals surface area contributed by atoms with Crippen LogP contribution in [0.1, 0.15) is 12.5 Å². The maximum Gasteiger partial charge on any atom is 0.131 e. The number of aryl methyl sites for hydroxylation is 1. The molecule has 16 heavy (non-hydrogen) atoms. The van der Waals surface area contributed by atoms with Crippen LogP contribution >= 0.6 is 0 Å². The van der Waals surface area contributed by atoms with Crippen molar-refractivity contribution in [1.82, 2.24) is 0 Å². The standard InChI is InChI=1S/C14H14O2/c1-2-11-6-8-13(9-7-11)16-14-5-3-4-12(15)10-14/h3-10,15H,2H2,1H3. The minimum atomic E-state index is 0.211. The van der Waals surface area contributed by atoms with Gasteiger partial charge in [-0.2, -0.15) is 0 Å². The lowest BCUT2D eigenvalue weighted by Gasteiger charge is -2.06. The van der Waals surface area contributed by atoms with E-state index in [1.54, 1.807) is 18.2 Å². The third kappa shape index (κ3) is 2.54. The maximum atomic E-state index is 9.29. The van der Waals surface area contributed by atoms with Gasteiger partial charge in [0.1, 0.15) is 17.2 Å². The van der Waals surface area contributed by atoms with Gasteiger partial charge in [0.25, 0.3) is 0 Å². The Morgan fingerprint density at radius 2 is 1.75 bits per heavy atom. The first-order valence-corrected chi connectivity index (χ1v) is 5.34. The molecular weight excluding hydrogens is 200 g/mol. The van der Waals surface area contributed by atoms with Gasteiger partial charge in [0.05, 0.1) is 0 Å². The van der Waals surface area contributed by atoms with E-state index in [-0.39, 0.29) is 5.75 Å². The van der Waals surface area contributed by atoms with Crippen LogP contribution in [0.3, 0.4) is 0 Å². The number of ether oxygens (including phenoxy) is 1. The smallest absolute Gasteiger partial charge is 0.131 e. The quantitative estimate of drug-likeness (QED) is 0.843. The summed E-state index contributed by atoms with van der Waals surface area (Å²) >= 11 is 0. The Balaban J connectivity index is 2.14. The van der Waals surface area contributed by atoms with E-state index in [2.05, 4.69) is 6.92 Å². The van der Waals surface area contributed by atoms with E-state index >= 15 is 0 Å². The lowest BCUT2D eigenvalue weighted by atomic mass is 10.2. The van der Waals surface area contributed by atoms with Crippen LogP contribution in [-0.2, 0) is 6.42 Å². The SMILES string of the molecule is CCc1ccc(Oc2cccc(O)c2)cc1. The van der Waals surface area contributed by atoms with E-state index < -0.39 is 0 Å². The molecule has 2 nitrogen and oxygen atoms in total. The Bertz CT molecular complexity index is 460. The van der Waals surface area contributed by atoms with E-state index in [0.717, 1.165) is 12.2 Å². The predicted molar refractivity (Wildman–Crippen MR) is 64.0 cm³/mol. The fourth-order valence-corrected chi connectivity index (χ4v) is 1.48. The van der Waals surface area contributed by atoms with Gasteiger partial charge in [0, 0.05) is 6.07 Å². The van der Waals surface area contributed by atoms with Crippen molar-refractivity contribution in [2.75, 3.05) is 0 Å². The normalized spacial score (nSPS) is 10.1. The molecule has 0 atom stereocenters. The second-order valence-corrected chi connectivity index (χ2v) is 3.60. The summed E-state index contributed by atoms with van der Waals surface area (Å²) in [6.45, 7) is 2.12. The molecule has 1 N–H and O–H groups in total. The summed E-state index contributed by atoms with van der Waals surface area (Å²) in [6.07, 6.45) is 1.02. The van der Waals surface area contributed by atoms with Gasteiger partial charge in [-0.15, -0.1) is 0 Å². The van der Waals surface area contributed by atoms with Crippen LogP contribution in [0, 0.1) is 0 Å². The monoisotopic (exact) mass is 214 g/mol. The molecule has 0 amide bonds. The zero-order valence-corrected chi connectivity index (χ0v) is 9.18. The maximum absolute atomic E-state index is 9.29. The highest BCUT2D eigenvalue weighted by atomic mass is 16.5. The van der Waals surface area contributed by atoms with Crippen LogP contribution in [0.2, 0.25) is 0 Å². The van der Waals surface area contributed by atoms with Gasteiger partial charge >= 0.3 is 0 Å². The summed E-state index contributed by atoms with van der Waals surface area (Å²) in [5.41, 5.74) is 1.28. The van der Waals surface area contributed by atoms with Crippen LogP contribution in [0.25, 0.3) is 0 Å². The second kappa shape index (κ2) is 4.71. The molecule has 0 aliphatic rings. The second-order valence-electron chi connectivity index (χ2n) is 3.60. The molecule has 0 bridgehead atoms. The summed E-state index contributed by atoms with van der Waals surface area (Å²) in [6, 6.07) is 14.7. The molecule has 0 unspecified atom stereocenters. The Morgan fingerprint density at radius 1 is 1.00 bits per heavy atom. The van der Waals surface area contributed by atoms with Crippen molar-refractivity contribution in [1.29, 1.82) is 0 Å². The van der Waals surface area contributed by atoms with Gasteiger partial charge in [-0.25, -0.2) is 0 Å². The number of phenols is 1. The van der Waals surface area contributed by atoms with Crippen LogP contribution < -0.4 is 4.74 Å². The lowest BCUT2D eigenvalue weighted by Crippen LogP contribution is -1.85. The van der Waals surface area contributed by atoms with Gasteiger partial charge in [-0.3, -0.25) is 0 Å². The fourth-order valence-electron chi connectivity index (χ4n) is 1.48. The van der Waals surface area contributed by atoms with Crippen LogP contribution in [0.4, 0.5) is 0 Å². The number of hydrogen-bond donors (Lipinski definition) is 1. The number of rotatable bonds is 3.